The summed E-state index contributed by atoms with van der Waals surface area (Å²) >= 11 is 7.67. The summed E-state index contributed by atoms with van der Waals surface area (Å²) in [6.45, 7) is 1.88. The molecule has 0 aromatic heterocycles. The van der Waals surface area contributed by atoms with Gasteiger partial charge in [-0.05, 0) is 48.9 Å². The SMILES string of the molecule is COc1ccc(C(=O)Oc2ccc(/C=C3/C(=N)N4C=C(C)SC4=NC3=O)cc2Cl)cc1OC. The minimum Gasteiger partial charge on any atom is -0.493 e. The number of nitrogens with one attached hydrogen (secondary N) is 1. The standard InChI is InChI=1S/C23H18ClN3O5S/c1-12-11-27-20(25)15(21(28)26-23(27)33-12)8-13-4-6-17(16(24)9-13)32-22(29)14-5-7-18(30-2)19(10-14)31-3/h4-11,25H,1-3H3/b15-8-,25-20?. The fraction of sp³-hybridized carbons (Fsp3) is 0.130. The van der Waals surface area contributed by atoms with Gasteiger partial charge in [0.25, 0.3) is 5.91 Å². The summed E-state index contributed by atoms with van der Waals surface area (Å²) in [7, 11) is 2.97. The molecule has 2 aliphatic rings. The molecule has 168 valence electrons. The highest BCUT2D eigenvalue weighted by atomic mass is 35.5. The Morgan fingerprint density at radius 3 is 2.55 bits per heavy atom. The number of amides is 1. The number of thioether (sulfide) groups is 1. The predicted octanol–water partition coefficient (Wildman–Crippen LogP) is 4.74. The third-order valence-corrected chi connectivity index (χ3v) is 5.98. The molecule has 33 heavy (non-hydrogen) atoms. The smallest absolute Gasteiger partial charge is 0.343 e. The molecule has 0 radical (unpaired) electrons. The van der Waals surface area contributed by atoms with Crippen molar-refractivity contribution < 1.29 is 23.8 Å². The second-order valence-electron chi connectivity index (χ2n) is 6.97. The number of hydrogen-bond acceptors (Lipinski definition) is 7. The zero-order chi connectivity index (χ0) is 23.7. The largest absolute Gasteiger partial charge is 0.493 e. The van der Waals surface area contributed by atoms with Gasteiger partial charge < -0.3 is 14.2 Å². The topological polar surface area (TPSA) is 101 Å². The van der Waals surface area contributed by atoms with E-state index in [9.17, 15) is 9.59 Å². The van der Waals surface area contributed by atoms with Crippen LogP contribution in [-0.4, -0.2) is 42.0 Å². The molecule has 2 heterocycles. The molecule has 1 amide bonds. The summed E-state index contributed by atoms with van der Waals surface area (Å²) in [4.78, 5) is 31.5. The van der Waals surface area contributed by atoms with Crippen molar-refractivity contribution in [3.05, 3.63) is 69.2 Å². The van der Waals surface area contributed by atoms with Crippen LogP contribution in [0.3, 0.4) is 0 Å². The van der Waals surface area contributed by atoms with Crippen LogP contribution in [0.15, 0.2) is 58.1 Å². The van der Waals surface area contributed by atoms with E-state index in [1.54, 1.807) is 35.4 Å². The van der Waals surface area contributed by atoms with Crippen LogP contribution in [0, 0.1) is 5.41 Å². The Bertz CT molecular complexity index is 1280. The molecular weight excluding hydrogens is 466 g/mol. The van der Waals surface area contributed by atoms with Gasteiger partial charge in [-0.1, -0.05) is 29.4 Å². The second kappa shape index (κ2) is 9.13. The van der Waals surface area contributed by atoms with Gasteiger partial charge in [0, 0.05) is 11.1 Å². The van der Waals surface area contributed by atoms with E-state index in [1.807, 2.05) is 6.92 Å². The monoisotopic (exact) mass is 483 g/mol. The summed E-state index contributed by atoms with van der Waals surface area (Å²) in [5.41, 5.74) is 0.957. The average Bonchev–Trinajstić information content (AvgIpc) is 3.17. The van der Waals surface area contributed by atoms with Gasteiger partial charge in [0.05, 0.1) is 30.4 Å². The lowest BCUT2D eigenvalue weighted by Gasteiger charge is -2.22. The van der Waals surface area contributed by atoms with Crippen LogP contribution in [0.4, 0.5) is 0 Å². The Morgan fingerprint density at radius 1 is 1.12 bits per heavy atom. The molecule has 0 saturated carbocycles. The lowest BCUT2D eigenvalue weighted by Crippen LogP contribution is -2.35. The maximum Gasteiger partial charge on any atom is 0.343 e. The van der Waals surface area contributed by atoms with E-state index in [1.165, 1.54) is 44.2 Å². The first-order chi connectivity index (χ1) is 15.8. The van der Waals surface area contributed by atoms with Gasteiger partial charge in [-0.25, -0.2) is 4.79 Å². The molecule has 0 aliphatic carbocycles. The number of allylic oxidation sites excluding steroid dienone is 1. The highest BCUT2D eigenvalue weighted by Gasteiger charge is 2.32. The van der Waals surface area contributed by atoms with E-state index in [4.69, 9.17) is 31.2 Å². The number of methoxy groups -OCH3 is 2. The number of halogens is 1. The molecule has 0 unspecified atom stereocenters. The number of amidine groups is 2. The van der Waals surface area contributed by atoms with Crippen LogP contribution in [0.5, 0.6) is 17.2 Å². The Kier molecular flexibility index (Phi) is 6.26. The van der Waals surface area contributed by atoms with Crippen molar-refractivity contribution in [3.63, 3.8) is 0 Å². The lowest BCUT2D eigenvalue weighted by molar-refractivity contribution is -0.114. The number of hydrogen-bond donors (Lipinski definition) is 1. The molecule has 0 atom stereocenters. The number of fused-ring (bicyclic) bond motifs is 1. The van der Waals surface area contributed by atoms with E-state index in [0.29, 0.717) is 22.2 Å². The van der Waals surface area contributed by atoms with Crippen molar-refractivity contribution in [2.45, 2.75) is 6.92 Å². The van der Waals surface area contributed by atoms with E-state index in [2.05, 4.69) is 4.99 Å². The van der Waals surface area contributed by atoms with Crippen LogP contribution >= 0.6 is 23.4 Å². The summed E-state index contributed by atoms with van der Waals surface area (Å²) in [5, 5.41) is 9.00. The molecule has 8 nitrogen and oxygen atoms in total. The first kappa shape index (κ1) is 22.6. The number of esters is 1. The van der Waals surface area contributed by atoms with Crippen LogP contribution in [-0.2, 0) is 4.79 Å². The molecule has 0 saturated heterocycles. The Labute approximate surface area is 199 Å². The van der Waals surface area contributed by atoms with Gasteiger partial charge in [-0.3, -0.25) is 15.1 Å². The average molecular weight is 484 g/mol. The number of benzene rings is 2. The highest BCUT2D eigenvalue weighted by Crippen LogP contribution is 2.34. The van der Waals surface area contributed by atoms with E-state index in [-0.39, 0.29) is 27.7 Å². The molecule has 2 aliphatic heterocycles. The molecular formula is C23H18ClN3O5S. The fourth-order valence-corrected chi connectivity index (χ4v) is 4.22. The third-order valence-electron chi connectivity index (χ3n) is 4.78. The quantitative estimate of drug-likeness (QED) is 0.372. The normalized spacial score (nSPS) is 16.4. The molecule has 0 fully saturated rings. The maximum absolute atomic E-state index is 12.6. The molecule has 2 aromatic carbocycles. The molecule has 0 bridgehead atoms. The summed E-state index contributed by atoms with van der Waals surface area (Å²) < 4.78 is 15.8. The van der Waals surface area contributed by atoms with Gasteiger partial charge in [-0.15, -0.1) is 0 Å². The lowest BCUT2D eigenvalue weighted by atomic mass is 10.1. The first-order valence-corrected chi connectivity index (χ1v) is 10.8. The van der Waals surface area contributed by atoms with Crippen molar-refractivity contribution in [2.24, 2.45) is 4.99 Å². The summed E-state index contributed by atoms with van der Waals surface area (Å²) in [6, 6.07) is 9.37. The van der Waals surface area contributed by atoms with Crippen molar-refractivity contribution in [1.82, 2.24) is 4.90 Å². The van der Waals surface area contributed by atoms with Crippen molar-refractivity contribution in [3.8, 4) is 17.2 Å². The molecule has 1 N–H and O–H groups in total. The van der Waals surface area contributed by atoms with Crippen molar-refractivity contribution >= 4 is 52.3 Å². The predicted molar refractivity (Wildman–Crippen MR) is 127 cm³/mol. The Morgan fingerprint density at radius 2 is 1.85 bits per heavy atom. The number of ether oxygens (including phenoxy) is 3. The van der Waals surface area contributed by atoms with Crippen molar-refractivity contribution in [2.75, 3.05) is 14.2 Å². The number of aliphatic imine (C=N–C) groups is 1. The number of nitrogens with zero attached hydrogens (tertiary/aromatic N) is 2. The van der Waals surface area contributed by atoms with Crippen LogP contribution in [0.2, 0.25) is 5.02 Å². The van der Waals surface area contributed by atoms with Crippen LogP contribution in [0.1, 0.15) is 22.8 Å². The third kappa shape index (κ3) is 4.50. The fourth-order valence-electron chi connectivity index (χ4n) is 3.18. The van der Waals surface area contributed by atoms with Crippen LogP contribution < -0.4 is 14.2 Å². The Hall–Kier alpha value is -3.56. The van der Waals surface area contributed by atoms with Crippen LogP contribution in [0.25, 0.3) is 6.08 Å². The van der Waals surface area contributed by atoms with E-state index in [0.717, 1.165) is 4.91 Å². The number of carbonyl (C=O) groups excluding carboxylic acids is 2. The minimum absolute atomic E-state index is 0.0365. The highest BCUT2D eigenvalue weighted by molar-refractivity contribution is 8.17. The second-order valence-corrected chi connectivity index (χ2v) is 8.59. The molecule has 10 heteroatoms. The van der Waals surface area contributed by atoms with Gasteiger partial charge in [-0.2, -0.15) is 4.99 Å². The summed E-state index contributed by atoms with van der Waals surface area (Å²) in [6.07, 6.45) is 3.29. The maximum atomic E-state index is 12.6. The van der Waals surface area contributed by atoms with E-state index >= 15 is 0 Å². The van der Waals surface area contributed by atoms with Crippen molar-refractivity contribution in [1.29, 1.82) is 5.41 Å². The van der Waals surface area contributed by atoms with Gasteiger partial charge in [0.1, 0.15) is 11.6 Å². The zero-order valence-electron chi connectivity index (χ0n) is 17.8. The zero-order valence-corrected chi connectivity index (χ0v) is 19.4. The molecule has 4 rings (SSSR count). The van der Waals surface area contributed by atoms with E-state index < -0.39 is 11.9 Å². The van der Waals surface area contributed by atoms with Gasteiger partial charge >= 0.3 is 5.97 Å². The minimum atomic E-state index is -0.622. The Balaban J connectivity index is 1.55. The van der Waals surface area contributed by atoms with Gasteiger partial charge in [0.2, 0.25) is 0 Å². The number of rotatable bonds is 5. The van der Waals surface area contributed by atoms with Gasteiger partial charge in [0.15, 0.2) is 16.7 Å². The first-order valence-electron chi connectivity index (χ1n) is 9.63. The molecule has 2 aromatic rings. The summed E-state index contributed by atoms with van der Waals surface area (Å²) in [5.74, 6) is -0.0487. The number of carbonyl (C=O) groups is 2. The molecule has 0 spiro atoms.